The zero-order valence-electron chi connectivity index (χ0n) is 9.31. The Bertz CT molecular complexity index is 345. The van der Waals surface area contributed by atoms with Gasteiger partial charge in [0.2, 0.25) is 5.75 Å². The third kappa shape index (κ3) is 2.39. The van der Waals surface area contributed by atoms with Crippen molar-refractivity contribution in [3.05, 3.63) is 18.2 Å². The Kier molecular flexibility index (Phi) is 3.51. The number of methoxy groups -OCH3 is 1. The molecule has 0 atom stereocenters. The van der Waals surface area contributed by atoms with Gasteiger partial charge in [-0.1, -0.05) is 6.07 Å². The minimum Gasteiger partial charge on any atom is -0.504 e. The summed E-state index contributed by atoms with van der Waals surface area (Å²) in [5, 5.41) is 9.72. The van der Waals surface area contributed by atoms with E-state index >= 15 is 0 Å². The molecular formula is C12H16O4. The predicted octanol–water partition coefficient (Wildman–Crippen LogP) is 1.96. The molecule has 1 aromatic carbocycles. The van der Waals surface area contributed by atoms with E-state index < -0.39 is 0 Å². The van der Waals surface area contributed by atoms with Crippen LogP contribution >= 0.6 is 0 Å². The van der Waals surface area contributed by atoms with Crippen molar-refractivity contribution in [2.24, 2.45) is 0 Å². The van der Waals surface area contributed by atoms with Crippen molar-refractivity contribution in [1.29, 1.82) is 0 Å². The van der Waals surface area contributed by atoms with Crippen LogP contribution < -0.4 is 9.47 Å². The molecular weight excluding hydrogens is 208 g/mol. The first-order valence-electron chi connectivity index (χ1n) is 5.41. The lowest BCUT2D eigenvalue weighted by Gasteiger charge is -2.24. The molecule has 0 unspecified atom stereocenters. The number of hydrogen-bond donors (Lipinski definition) is 1. The number of para-hydroxylation sites is 1. The first-order chi connectivity index (χ1) is 7.81. The number of phenols is 1. The molecule has 1 aliphatic heterocycles. The molecule has 1 aromatic rings. The van der Waals surface area contributed by atoms with E-state index in [1.807, 2.05) is 0 Å². The molecule has 16 heavy (non-hydrogen) atoms. The van der Waals surface area contributed by atoms with Gasteiger partial charge in [0.25, 0.3) is 0 Å². The third-order valence-corrected chi connectivity index (χ3v) is 2.63. The van der Waals surface area contributed by atoms with Crippen LogP contribution in [0.4, 0.5) is 0 Å². The van der Waals surface area contributed by atoms with Crippen molar-refractivity contribution in [2.45, 2.75) is 18.9 Å². The zero-order chi connectivity index (χ0) is 11.4. The summed E-state index contributed by atoms with van der Waals surface area (Å²) in [6, 6.07) is 5.09. The van der Waals surface area contributed by atoms with Gasteiger partial charge in [0.1, 0.15) is 6.10 Å². The fourth-order valence-electron chi connectivity index (χ4n) is 1.74. The van der Waals surface area contributed by atoms with Gasteiger partial charge in [0.15, 0.2) is 11.5 Å². The highest BCUT2D eigenvalue weighted by Gasteiger charge is 2.19. The normalized spacial score (nSPS) is 17.1. The van der Waals surface area contributed by atoms with Gasteiger partial charge >= 0.3 is 0 Å². The standard InChI is InChI=1S/C12H16O4/c1-14-11-4-2-3-10(13)12(11)16-9-5-7-15-8-6-9/h2-4,9,13H,5-8H2,1H3. The SMILES string of the molecule is COc1cccc(O)c1OC1CCOCC1. The van der Waals surface area contributed by atoms with E-state index in [-0.39, 0.29) is 11.9 Å². The first kappa shape index (κ1) is 11.1. The van der Waals surface area contributed by atoms with E-state index in [9.17, 15) is 5.11 Å². The van der Waals surface area contributed by atoms with Crippen LogP contribution in [0.1, 0.15) is 12.8 Å². The highest BCUT2D eigenvalue weighted by molar-refractivity contribution is 5.50. The Morgan fingerprint density at radius 2 is 2.06 bits per heavy atom. The Morgan fingerprint density at radius 3 is 2.75 bits per heavy atom. The molecule has 0 aromatic heterocycles. The maximum absolute atomic E-state index is 9.72. The molecule has 0 amide bonds. The summed E-state index contributed by atoms with van der Waals surface area (Å²) in [5.41, 5.74) is 0. The number of phenolic OH excluding ortho intramolecular Hbond substituents is 1. The smallest absolute Gasteiger partial charge is 0.203 e. The molecule has 0 aliphatic carbocycles. The van der Waals surface area contributed by atoms with Crippen molar-refractivity contribution in [3.8, 4) is 17.2 Å². The number of aromatic hydroxyl groups is 1. The van der Waals surface area contributed by atoms with Crippen LogP contribution in [0, 0.1) is 0 Å². The van der Waals surface area contributed by atoms with Crippen LogP contribution in [0.25, 0.3) is 0 Å². The predicted molar refractivity (Wildman–Crippen MR) is 59.1 cm³/mol. The van der Waals surface area contributed by atoms with Crippen LogP contribution in [0.2, 0.25) is 0 Å². The Hall–Kier alpha value is -1.42. The lowest BCUT2D eigenvalue weighted by atomic mass is 10.1. The molecule has 88 valence electrons. The maximum atomic E-state index is 9.72. The Labute approximate surface area is 94.8 Å². The van der Waals surface area contributed by atoms with Crippen LogP contribution in [-0.2, 0) is 4.74 Å². The summed E-state index contributed by atoms with van der Waals surface area (Å²) in [7, 11) is 1.56. The van der Waals surface area contributed by atoms with Gasteiger partial charge < -0.3 is 19.3 Å². The molecule has 4 nitrogen and oxygen atoms in total. The molecule has 0 saturated carbocycles. The lowest BCUT2D eigenvalue weighted by molar-refractivity contribution is 0.0235. The summed E-state index contributed by atoms with van der Waals surface area (Å²) in [6.07, 6.45) is 1.78. The van der Waals surface area contributed by atoms with E-state index in [1.54, 1.807) is 25.3 Å². The Morgan fingerprint density at radius 1 is 1.31 bits per heavy atom. The van der Waals surface area contributed by atoms with Gasteiger partial charge in [-0.25, -0.2) is 0 Å². The van der Waals surface area contributed by atoms with Gasteiger partial charge in [-0.15, -0.1) is 0 Å². The minimum atomic E-state index is 0.0935. The fraction of sp³-hybridized carbons (Fsp3) is 0.500. The van der Waals surface area contributed by atoms with Crippen LogP contribution in [0.5, 0.6) is 17.2 Å². The minimum absolute atomic E-state index is 0.0935. The highest BCUT2D eigenvalue weighted by atomic mass is 16.5. The maximum Gasteiger partial charge on any atom is 0.203 e. The van der Waals surface area contributed by atoms with Crippen LogP contribution in [0.15, 0.2) is 18.2 Å². The van der Waals surface area contributed by atoms with Gasteiger partial charge in [0, 0.05) is 12.8 Å². The molecule has 1 saturated heterocycles. The van der Waals surface area contributed by atoms with E-state index in [0.717, 1.165) is 12.8 Å². The zero-order valence-corrected chi connectivity index (χ0v) is 9.31. The quantitative estimate of drug-likeness (QED) is 0.852. The van der Waals surface area contributed by atoms with Crippen molar-refractivity contribution in [2.75, 3.05) is 20.3 Å². The Balaban J connectivity index is 2.12. The fourth-order valence-corrected chi connectivity index (χ4v) is 1.74. The summed E-state index contributed by atoms with van der Waals surface area (Å²) in [5.74, 6) is 1.11. The molecule has 0 bridgehead atoms. The van der Waals surface area contributed by atoms with E-state index in [1.165, 1.54) is 0 Å². The second-order valence-electron chi connectivity index (χ2n) is 3.74. The third-order valence-electron chi connectivity index (χ3n) is 2.63. The van der Waals surface area contributed by atoms with Crippen molar-refractivity contribution < 1.29 is 19.3 Å². The molecule has 1 heterocycles. The highest BCUT2D eigenvalue weighted by Crippen LogP contribution is 2.37. The first-order valence-corrected chi connectivity index (χ1v) is 5.41. The monoisotopic (exact) mass is 224 g/mol. The summed E-state index contributed by atoms with van der Waals surface area (Å²) in [4.78, 5) is 0. The second-order valence-corrected chi connectivity index (χ2v) is 3.74. The van der Waals surface area contributed by atoms with Gasteiger partial charge in [-0.2, -0.15) is 0 Å². The number of benzene rings is 1. The molecule has 2 rings (SSSR count). The van der Waals surface area contributed by atoms with E-state index in [2.05, 4.69) is 0 Å². The molecule has 4 heteroatoms. The number of rotatable bonds is 3. The second kappa shape index (κ2) is 5.07. The van der Waals surface area contributed by atoms with Crippen LogP contribution in [-0.4, -0.2) is 31.5 Å². The van der Waals surface area contributed by atoms with Crippen LogP contribution in [0.3, 0.4) is 0 Å². The largest absolute Gasteiger partial charge is 0.504 e. The van der Waals surface area contributed by atoms with Crippen molar-refractivity contribution in [1.82, 2.24) is 0 Å². The summed E-state index contributed by atoms with van der Waals surface area (Å²) >= 11 is 0. The molecule has 1 aliphatic rings. The van der Waals surface area contributed by atoms with Gasteiger partial charge in [-0.3, -0.25) is 0 Å². The van der Waals surface area contributed by atoms with E-state index in [4.69, 9.17) is 14.2 Å². The lowest BCUT2D eigenvalue weighted by Crippen LogP contribution is -2.26. The van der Waals surface area contributed by atoms with Crippen molar-refractivity contribution >= 4 is 0 Å². The topological polar surface area (TPSA) is 47.9 Å². The molecule has 0 radical (unpaired) electrons. The summed E-state index contributed by atoms with van der Waals surface area (Å²) in [6.45, 7) is 1.42. The summed E-state index contributed by atoms with van der Waals surface area (Å²) < 4.78 is 16.2. The molecule has 1 N–H and O–H groups in total. The van der Waals surface area contributed by atoms with E-state index in [0.29, 0.717) is 24.7 Å². The molecule has 0 spiro atoms. The van der Waals surface area contributed by atoms with Gasteiger partial charge in [0.05, 0.1) is 20.3 Å². The number of ether oxygens (including phenoxy) is 3. The van der Waals surface area contributed by atoms with Crippen molar-refractivity contribution in [3.63, 3.8) is 0 Å². The number of hydrogen-bond acceptors (Lipinski definition) is 4. The average molecular weight is 224 g/mol. The van der Waals surface area contributed by atoms with Gasteiger partial charge in [-0.05, 0) is 12.1 Å². The molecule has 1 fully saturated rings. The average Bonchev–Trinajstić information content (AvgIpc) is 2.33.